The predicted octanol–water partition coefficient (Wildman–Crippen LogP) is 3.64. The molecular weight excluding hydrogens is 362 g/mol. The minimum absolute atomic E-state index is 0.0338. The highest BCUT2D eigenvalue weighted by Crippen LogP contribution is 2.33. The fourth-order valence-electron chi connectivity index (χ4n) is 4.70. The maximum absolute atomic E-state index is 13.0. The van der Waals surface area contributed by atoms with Gasteiger partial charge in [0.25, 0.3) is 5.91 Å². The third-order valence-electron chi connectivity index (χ3n) is 6.34. The molecular formula is C24H25N3O2. The van der Waals surface area contributed by atoms with Crippen LogP contribution in [0.25, 0.3) is 5.69 Å². The Morgan fingerprint density at radius 1 is 1.17 bits per heavy atom. The van der Waals surface area contributed by atoms with Crippen LogP contribution in [-0.4, -0.2) is 37.8 Å². The number of aromatic nitrogens is 2. The SMILES string of the molecule is Cc1cc2c(cc1Cc1ccc(-n3cccn3)cc1)C(=O)N([C@H]1CCC[C@@H]1O)C2. The number of carbonyl (C=O) groups excluding carboxylic acids is 1. The van der Waals surface area contributed by atoms with Crippen molar-refractivity contribution in [2.24, 2.45) is 0 Å². The van der Waals surface area contributed by atoms with Crippen molar-refractivity contribution in [3.05, 3.63) is 82.7 Å². The Bertz CT molecular complexity index is 1040. The summed E-state index contributed by atoms with van der Waals surface area (Å²) in [4.78, 5) is 14.9. The molecule has 1 N–H and O–H groups in total. The standard InChI is InChI=1S/C24H25N3O2/c1-16-12-19-15-26(22-4-2-5-23(22)28)24(29)21(19)14-18(16)13-17-6-8-20(9-7-17)27-11-3-10-25-27/h3,6-12,14,22-23,28H,2,4-5,13,15H2,1H3/t22-,23-/m0/s1. The number of aliphatic hydroxyl groups is 1. The van der Waals surface area contributed by atoms with E-state index < -0.39 is 0 Å². The summed E-state index contributed by atoms with van der Waals surface area (Å²) in [6.07, 6.45) is 6.79. The number of benzene rings is 2. The smallest absolute Gasteiger partial charge is 0.254 e. The molecule has 0 radical (unpaired) electrons. The molecule has 148 valence electrons. The van der Waals surface area contributed by atoms with Gasteiger partial charge in [-0.2, -0.15) is 5.10 Å². The Hall–Kier alpha value is -2.92. The van der Waals surface area contributed by atoms with Crippen molar-refractivity contribution in [1.82, 2.24) is 14.7 Å². The highest BCUT2D eigenvalue weighted by Gasteiger charge is 2.38. The lowest BCUT2D eigenvalue weighted by Gasteiger charge is -2.26. The zero-order valence-electron chi connectivity index (χ0n) is 16.6. The van der Waals surface area contributed by atoms with E-state index in [1.54, 1.807) is 6.20 Å². The van der Waals surface area contributed by atoms with Crippen molar-refractivity contribution in [2.75, 3.05) is 0 Å². The summed E-state index contributed by atoms with van der Waals surface area (Å²) in [6, 6.07) is 14.5. The van der Waals surface area contributed by atoms with Gasteiger partial charge in [0.1, 0.15) is 0 Å². The molecule has 3 aromatic rings. The predicted molar refractivity (Wildman–Crippen MR) is 111 cm³/mol. The van der Waals surface area contributed by atoms with Gasteiger partial charge in [0.2, 0.25) is 0 Å². The van der Waals surface area contributed by atoms with E-state index in [-0.39, 0.29) is 18.1 Å². The molecule has 2 atom stereocenters. The average molecular weight is 387 g/mol. The number of carbonyl (C=O) groups is 1. The van der Waals surface area contributed by atoms with Crippen LogP contribution in [0.15, 0.2) is 54.9 Å². The number of rotatable bonds is 4. The van der Waals surface area contributed by atoms with E-state index in [0.29, 0.717) is 6.54 Å². The molecule has 1 aliphatic carbocycles. The Morgan fingerprint density at radius 3 is 2.69 bits per heavy atom. The molecule has 2 aromatic carbocycles. The van der Waals surface area contributed by atoms with Gasteiger partial charge in [-0.15, -0.1) is 0 Å². The van der Waals surface area contributed by atoms with E-state index in [1.165, 1.54) is 16.7 Å². The fraction of sp³-hybridized carbons (Fsp3) is 0.333. The number of hydrogen-bond acceptors (Lipinski definition) is 3. The molecule has 2 aliphatic rings. The summed E-state index contributed by atoms with van der Waals surface area (Å²) in [5, 5.41) is 14.5. The highest BCUT2D eigenvalue weighted by molar-refractivity contribution is 5.99. The summed E-state index contributed by atoms with van der Waals surface area (Å²) in [5.41, 5.74) is 6.52. The monoisotopic (exact) mass is 387 g/mol. The van der Waals surface area contributed by atoms with Gasteiger partial charge < -0.3 is 10.0 Å². The van der Waals surface area contributed by atoms with Gasteiger partial charge in [0.05, 0.1) is 17.8 Å². The second kappa shape index (κ2) is 7.16. The second-order valence-electron chi connectivity index (χ2n) is 8.23. The van der Waals surface area contributed by atoms with Gasteiger partial charge in [0.15, 0.2) is 0 Å². The summed E-state index contributed by atoms with van der Waals surface area (Å²) >= 11 is 0. The van der Waals surface area contributed by atoms with Gasteiger partial charge in [-0.05, 0) is 79.1 Å². The molecule has 1 amide bonds. The lowest BCUT2D eigenvalue weighted by Crippen LogP contribution is -2.40. The quantitative estimate of drug-likeness (QED) is 0.744. The van der Waals surface area contributed by atoms with Crippen molar-refractivity contribution in [1.29, 1.82) is 0 Å². The molecule has 5 heteroatoms. The molecule has 2 heterocycles. The van der Waals surface area contributed by atoms with Gasteiger partial charge in [-0.3, -0.25) is 4.79 Å². The van der Waals surface area contributed by atoms with Crippen LogP contribution in [0.1, 0.15) is 51.9 Å². The van der Waals surface area contributed by atoms with Crippen LogP contribution in [0.5, 0.6) is 0 Å². The third-order valence-corrected chi connectivity index (χ3v) is 6.34. The molecule has 1 saturated carbocycles. The van der Waals surface area contributed by atoms with Crippen molar-refractivity contribution in [3.63, 3.8) is 0 Å². The summed E-state index contributed by atoms with van der Waals surface area (Å²) in [5.74, 6) is 0.0706. The summed E-state index contributed by atoms with van der Waals surface area (Å²) in [7, 11) is 0. The largest absolute Gasteiger partial charge is 0.391 e. The van der Waals surface area contributed by atoms with Gasteiger partial charge in [0, 0.05) is 24.5 Å². The third kappa shape index (κ3) is 3.25. The van der Waals surface area contributed by atoms with Crippen molar-refractivity contribution >= 4 is 5.91 Å². The van der Waals surface area contributed by atoms with Gasteiger partial charge in [-0.1, -0.05) is 18.2 Å². The number of aryl methyl sites for hydroxylation is 1. The van der Waals surface area contributed by atoms with Crippen molar-refractivity contribution in [3.8, 4) is 5.69 Å². The van der Waals surface area contributed by atoms with Gasteiger partial charge >= 0.3 is 0 Å². The first-order valence-corrected chi connectivity index (χ1v) is 10.3. The summed E-state index contributed by atoms with van der Waals surface area (Å²) < 4.78 is 1.84. The number of hydrogen-bond donors (Lipinski definition) is 1. The maximum atomic E-state index is 13.0. The molecule has 0 saturated heterocycles. The molecule has 1 aliphatic heterocycles. The Morgan fingerprint density at radius 2 is 2.00 bits per heavy atom. The van der Waals surface area contributed by atoms with Crippen LogP contribution in [0.3, 0.4) is 0 Å². The zero-order chi connectivity index (χ0) is 20.0. The first-order valence-electron chi connectivity index (χ1n) is 10.3. The Balaban J connectivity index is 1.38. The molecule has 0 spiro atoms. The van der Waals surface area contributed by atoms with Crippen LogP contribution >= 0.6 is 0 Å². The number of amides is 1. The topological polar surface area (TPSA) is 58.4 Å². The zero-order valence-corrected chi connectivity index (χ0v) is 16.6. The van der Waals surface area contributed by atoms with Crippen molar-refractivity contribution < 1.29 is 9.90 Å². The molecule has 1 fully saturated rings. The second-order valence-corrected chi connectivity index (χ2v) is 8.23. The van der Waals surface area contributed by atoms with Crippen LogP contribution in [0.4, 0.5) is 0 Å². The minimum atomic E-state index is -0.387. The average Bonchev–Trinajstić information content (AvgIpc) is 3.45. The fourth-order valence-corrected chi connectivity index (χ4v) is 4.70. The normalized spacial score (nSPS) is 21.0. The molecule has 29 heavy (non-hydrogen) atoms. The van der Waals surface area contributed by atoms with E-state index in [9.17, 15) is 9.90 Å². The van der Waals surface area contributed by atoms with E-state index in [4.69, 9.17) is 0 Å². The van der Waals surface area contributed by atoms with Crippen LogP contribution < -0.4 is 0 Å². The van der Waals surface area contributed by atoms with E-state index in [2.05, 4.69) is 48.4 Å². The van der Waals surface area contributed by atoms with Crippen LogP contribution in [-0.2, 0) is 13.0 Å². The van der Waals surface area contributed by atoms with E-state index in [1.807, 2.05) is 21.8 Å². The molecule has 1 aromatic heterocycles. The first-order chi connectivity index (χ1) is 14.1. The number of fused-ring (bicyclic) bond motifs is 1. The number of aliphatic hydroxyl groups excluding tert-OH is 1. The van der Waals surface area contributed by atoms with Crippen molar-refractivity contribution in [2.45, 2.75) is 51.3 Å². The Kier molecular flexibility index (Phi) is 4.47. The number of nitrogens with zero attached hydrogens (tertiary/aromatic N) is 3. The molecule has 0 unspecified atom stereocenters. The lowest BCUT2D eigenvalue weighted by atomic mass is 9.95. The molecule has 5 nitrogen and oxygen atoms in total. The summed E-state index contributed by atoms with van der Waals surface area (Å²) in [6.45, 7) is 2.74. The minimum Gasteiger partial charge on any atom is -0.391 e. The van der Waals surface area contributed by atoms with E-state index >= 15 is 0 Å². The molecule has 5 rings (SSSR count). The molecule has 0 bridgehead atoms. The van der Waals surface area contributed by atoms with Crippen LogP contribution in [0.2, 0.25) is 0 Å². The lowest BCUT2D eigenvalue weighted by molar-refractivity contribution is 0.0479. The van der Waals surface area contributed by atoms with Gasteiger partial charge in [-0.25, -0.2) is 4.68 Å². The van der Waals surface area contributed by atoms with Crippen LogP contribution in [0, 0.1) is 6.92 Å². The maximum Gasteiger partial charge on any atom is 0.254 e. The highest BCUT2D eigenvalue weighted by atomic mass is 16.3. The van der Waals surface area contributed by atoms with E-state index in [0.717, 1.165) is 42.5 Å². The Labute approximate surface area is 170 Å². The first kappa shape index (κ1) is 18.1.